The first-order valence-electron chi connectivity index (χ1n) is 7.48. The van der Waals surface area contributed by atoms with Crippen molar-refractivity contribution in [2.75, 3.05) is 5.32 Å². The Morgan fingerprint density at radius 1 is 1.21 bits per heavy atom. The van der Waals surface area contributed by atoms with Crippen molar-refractivity contribution in [1.82, 2.24) is 9.55 Å². The van der Waals surface area contributed by atoms with Gasteiger partial charge >= 0.3 is 0 Å². The maximum absolute atomic E-state index is 12.4. The zero-order chi connectivity index (χ0) is 17.3. The fourth-order valence-corrected chi connectivity index (χ4v) is 2.71. The summed E-state index contributed by atoms with van der Waals surface area (Å²) < 4.78 is 1.44. The van der Waals surface area contributed by atoms with Crippen molar-refractivity contribution in [2.24, 2.45) is 0 Å². The lowest BCUT2D eigenvalue weighted by molar-refractivity contribution is -0.116. The molecule has 0 radical (unpaired) electrons. The standard InChI is InChI=1S/C18H16ClN3O2/c1-11-7-8-13(19)9-15(11)21-17(23)10-22-16-6-4-3-5-14(16)20-12(2)18(22)24/h3-9H,10H2,1-2H3,(H,21,23). The number of carbonyl (C=O) groups excluding carboxylic acids is 1. The molecule has 1 amide bonds. The van der Waals surface area contributed by atoms with E-state index in [9.17, 15) is 9.59 Å². The minimum atomic E-state index is -0.293. The van der Waals surface area contributed by atoms with E-state index in [1.54, 1.807) is 25.1 Å². The van der Waals surface area contributed by atoms with Crippen LogP contribution in [0.5, 0.6) is 0 Å². The first kappa shape index (κ1) is 16.2. The lowest BCUT2D eigenvalue weighted by atomic mass is 10.2. The lowest BCUT2D eigenvalue weighted by Crippen LogP contribution is -2.30. The number of carbonyl (C=O) groups is 1. The highest BCUT2D eigenvalue weighted by atomic mass is 35.5. The van der Waals surface area contributed by atoms with Crippen LogP contribution in [0, 0.1) is 13.8 Å². The minimum absolute atomic E-state index is 0.0886. The molecule has 1 N–H and O–H groups in total. The summed E-state index contributed by atoms with van der Waals surface area (Å²) in [5.41, 5.74) is 2.94. The predicted molar refractivity (Wildman–Crippen MR) is 95.6 cm³/mol. The quantitative estimate of drug-likeness (QED) is 0.795. The molecular formula is C18H16ClN3O2. The van der Waals surface area contributed by atoms with Crippen molar-refractivity contribution in [3.63, 3.8) is 0 Å². The van der Waals surface area contributed by atoms with Gasteiger partial charge in [-0.15, -0.1) is 0 Å². The van der Waals surface area contributed by atoms with E-state index in [1.807, 2.05) is 31.2 Å². The largest absolute Gasteiger partial charge is 0.324 e. The van der Waals surface area contributed by atoms with Crippen LogP contribution in [0.3, 0.4) is 0 Å². The second kappa shape index (κ2) is 6.45. The van der Waals surface area contributed by atoms with E-state index in [-0.39, 0.29) is 18.0 Å². The topological polar surface area (TPSA) is 64.0 Å². The molecule has 0 bridgehead atoms. The third-order valence-electron chi connectivity index (χ3n) is 3.79. The predicted octanol–water partition coefficient (Wildman–Crippen LogP) is 3.31. The molecule has 5 nitrogen and oxygen atoms in total. The molecule has 6 heteroatoms. The Morgan fingerprint density at radius 3 is 2.75 bits per heavy atom. The zero-order valence-corrected chi connectivity index (χ0v) is 14.1. The Balaban J connectivity index is 1.95. The number of nitrogens with zero attached hydrogens (tertiary/aromatic N) is 2. The van der Waals surface area contributed by atoms with Gasteiger partial charge in [-0.1, -0.05) is 29.8 Å². The van der Waals surface area contributed by atoms with Gasteiger partial charge in [0.25, 0.3) is 5.56 Å². The molecule has 122 valence electrons. The number of benzene rings is 2. The summed E-state index contributed by atoms with van der Waals surface area (Å²) in [6.45, 7) is 3.43. The average molecular weight is 342 g/mol. The minimum Gasteiger partial charge on any atom is -0.324 e. The second-order valence-corrected chi connectivity index (χ2v) is 6.02. The molecule has 0 aliphatic carbocycles. The van der Waals surface area contributed by atoms with E-state index in [4.69, 9.17) is 11.6 Å². The van der Waals surface area contributed by atoms with Gasteiger partial charge < -0.3 is 5.32 Å². The van der Waals surface area contributed by atoms with Gasteiger partial charge in [0.05, 0.1) is 11.0 Å². The fourth-order valence-electron chi connectivity index (χ4n) is 2.54. The van der Waals surface area contributed by atoms with Crippen molar-refractivity contribution < 1.29 is 4.79 Å². The number of fused-ring (bicyclic) bond motifs is 1. The maximum Gasteiger partial charge on any atom is 0.272 e. The van der Waals surface area contributed by atoms with Crippen LogP contribution in [0.25, 0.3) is 11.0 Å². The summed E-state index contributed by atoms with van der Waals surface area (Å²) in [6, 6.07) is 12.5. The number of nitrogens with one attached hydrogen (secondary N) is 1. The summed E-state index contributed by atoms with van der Waals surface area (Å²) in [6.07, 6.45) is 0. The highest BCUT2D eigenvalue weighted by Gasteiger charge is 2.12. The molecule has 0 atom stereocenters. The van der Waals surface area contributed by atoms with Crippen LogP contribution in [-0.4, -0.2) is 15.5 Å². The zero-order valence-electron chi connectivity index (χ0n) is 13.3. The van der Waals surface area contributed by atoms with Crippen molar-refractivity contribution >= 4 is 34.2 Å². The summed E-state index contributed by atoms with van der Waals surface area (Å²) in [7, 11) is 0. The summed E-state index contributed by atoms with van der Waals surface area (Å²) in [4.78, 5) is 29.1. The Morgan fingerprint density at radius 2 is 1.96 bits per heavy atom. The molecule has 2 aromatic carbocycles. The monoisotopic (exact) mass is 341 g/mol. The first-order chi connectivity index (χ1) is 11.5. The van der Waals surface area contributed by atoms with Gasteiger partial charge in [-0.05, 0) is 43.7 Å². The highest BCUT2D eigenvalue weighted by molar-refractivity contribution is 6.31. The molecule has 0 aliphatic rings. The van der Waals surface area contributed by atoms with Crippen molar-refractivity contribution in [2.45, 2.75) is 20.4 Å². The molecule has 3 rings (SSSR count). The number of halogens is 1. The van der Waals surface area contributed by atoms with Crippen LogP contribution in [0.1, 0.15) is 11.3 Å². The van der Waals surface area contributed by atoms with Gasteiger partial charge in [0.1, 0.15) is 12.2 Å². The Hall–Kier alpha value is -2.66. The van der Waals surface area contributed by atoms with Crippen molar-refractivity contribution in [3.8, 4) is 0 Å². The number of aryl methyl sites for hydroxylation is 2. The van der Waals surface area contributed by atoms with Crippen LogP contribution < -0.4 is 10.9 Å². The van der Waals surface area contributed by atoms with Crippen LogP contribution in [0.2, 0.25) is 5.02 Å². The number of anilines is 1. The molecule has 0 unspecified atom stereocenters. The molecule has 24 heavy (non-hydrogen) atoms. The van der Waals surface area contributed by atoms with Crippen LogP contribution >= 0.6 is 11.6 Å². The Kier molecular flexibility index (Phi) is 4.36. The second-order valence-electron chi connectivity index (χ2n) is 5.58. The molecule has 0 spiro atoms. The number of aromatic nitrogens is 2. The molecule has 1 heterocycles. The summed E-state index contributed by atoms with van der Waals surface area (Å²) >= 11 is 5.97. The van der Waals surface area contributed by atoms with E-state index in [2.05, 4.69) is 10.3 Å². The van der Waals surface area contributed by atoms with Gasteiger partial charge in [-0.3, -0.25) is 14.2 Å². The smallest absolute Gasteiger partial charge is 0.272 e. The third kappa shape index (κ3) is 3.16. The van der Waals surface area contributed by atoms with Crippen molar-refractivity contribution in [1.29, 1.82) is 0 Å². The van der Waals surface area contributed by atoms with E-state index in [0.717, 1.165) is 5.56 Å². The normalized spacial score (nSPS) is 10.8. The fraction of sp³-hybridized carbons (Fsp3) is 0.167. The highest BCUT2D eigenvalue weighted by Crippen LogP contribution is 2.20. The summed E-state index contributed by atoms with van der Waals surface area (Å²) in [5, 5.41) is 3.35. The maximum atomic E-state index is 12.4. The third-order valence-corrected chi connectivity index (χ3v) is 4.03. The SMILES string of the molecule is Cc1ccc(Cl)cc1NC(=O)Cn1c(=O)c(C)nc2ccccc21. The average Bonchev–Trinajstić information content (AvgIpc) is 2.55. The van der Waals surface area contributed by atoms with E-state index >= 15 is 0 Å². The molecule has 3 aromatic rings. The number of para-hydroxylation sites is 2. The van der Waals surface area contributed by atoms with Crippen LogP contribution in [0.15, 0.2) is 47.3 Å². The van der Waals surface area contributed by atoms with Gasteiger partial charge in [0.2, 0.25) is 5.91 Å². The van der Waals surface area contributed by atoms with Gasteiger partial charge in [0.15, 0.2) is 0 Å². The first-order valence-corrected chi connectivity index (χ1v) is 7.85. The van der Waals surface area contributed by atoms with Crippen LogP contribution in [0.4, 0.5) is 5.69 Å². The van der Waals surface area contributed by atoms with Gasteiger partial charge in [-0.2, -0.15) is 0 Å². The molecule has 0 saturated heterocycles. The lowest BCUT2D eigenvalue weighted by Gasteiger charge is -2.12. The Labute approximate surface area is 143 Å². The molecule has 0 aliphatic heterocycles. The number of hydrogen-bond acceptors (Lipinski definition) is 3. The number of amides is 1. The van der Waals surface area contributed by atoms with E-state index in [1.165, 1.54) is 4.57 Å². The van der Waals surface area contributed by atoms with Crippen molar-refractivity contribution in [3.05, 3.63) is 69.1 Å². The molecular weight excluding hydrogens is 326 g/mol. The number of hydrogen-bond donors (Lipinski definition) is 1. The number of rotatable bonds is 3. The van der Waals surface area contributed by atoms with E-state index in [0.29, 0.717) is 27.4 Å². The molecule has 0 saturated carbocycles. The van der Waals surface area contributed by atoms with Gasteiger partial charge in [-0.25, -0.2) is 4.98 Å². The van der Waals surface area contributed by atoms with Crippen LogP contribution in [-0.2, 0) is 11.3 Å². The molecule has 0 fully saturated rings. The summed E-state index contributed by atoms with van der Waals surface area (Å²) in [5.74, 6) is -0.293. The molecule has 1 aromatic heterocycles. The Bertz CT molecular complexity index is 995. The van der Waals surface area contributed by atoms with E-state index < -0.39 is 0 Å². The van der Waals surface area contributed by atoms with Gasteiger partial charge in [0, 0.05) is 10.7 Å².